The molecule has 0 unspecified atom stereocenters. The lowest BCUT2D eigenvalue weighted by Crippen LogP contribution is -2.37. The van der Waals surface area contributed by atoms with Gasteiger partial charge in [-0.2, -0.15) is 0 Å². The molecule has 1 aromatic carbocycles. The van der Waals surface area contributed by atoms with E-state index in [1.807, 2.05) is 13.8 Å². The summed E-state index contributed by atoms with van der Waals surface area (Å²) in [4.78, 5) is 12.6. The Morgan fingerprint density at radius 1 is 1.39 bits per heavy atom. The Labute approximate surface area is 113 Å². The van der Waals surface area contributed by atoms with E-state index >= 15 is 0 Å². The average Bonchev–Trinajstić information content (AvgIpc) is 2.41. The summed E-state index contributed by atoms with van der Waals surface area (Å²) >= 11 is 5.96. The summed E-state index contributed by atoms with van der Waals surface area (Å²) in [6.45, 7) is 4.33. The van der Waals surface area contributed by atoms with E-state index in [0.717, 1.165) is 12.8 Å². The van der Waals surface area contributed by atoms with Crippen LogP contribution in [0.3, 0.4) is 0 Å². The van der Waals surface area contributed by atoms with Gasteiger partial charge in [-0.25, -0.2) is 0 Å². The molecule has 0 aliphatic carbocycles. The molecule has 18 heavy (non-hydrogen) atoms. The lowest BCUT2D eigenvalue weighted by atomic mass is 9.76. The first-order valence-electron chi connectivity index (χ1n) is 6.13. The zero-order valence-corrected chi connectivity index (χ0v) is 11.9. The minimum absolute atomic E-state index is 0.0602. The van der Waals surface area contributed by atoms with Gasteiger partial charge in [0, 0.05) is 17.5 Å². The third kappa shape index (κ3) is 2.68. The number of hydrogen-bond acceptors (Lipinski definition) is 3. The summed E-state index contributed by atoms with van der Waals surface area (Å²) < 4.78 is 5.13. The lowest BCUT2D eigenvalue weighted by Gasteiger charge is -2.28. The largest absolute Gasteiger partial charge is 0.495 e. The smallest absolute Gasteiger partial charge is 0.170 e. The first-order chi connectivity index (χ1) is 8.54. The number of ketones is 1. The van der Waals surface area contributed by atoms with E-state index < -0.39 is 5.41 Å². The van der Waals surface area contributed by atoms with Gasteiger partial charge in [-0.1, -0.05) is 25.4 Å². The summed E-state index contributed by atoms with van der Waals surface area (Å²) in [7, 11) is 1.53. The maximum Gasteiger partial charge on any atom is 0.170 e. The Balaban J connectivity index is 3.17. The second-order valence-electron chi connectivity index (χ2n) is 4.37. The number of nitrogens with two attached hydrogens (primary N) is 1. The van der Waals surface area contributed by atoms with E-state index in [9.17, 15) is 4.79 Å². The average molecular weight is 270 g/mol. The van der Waals surface area contributed by atoms with E-state index in [-0.39, 0.29) is 5.78 Å². The van der Waals surface area contributed by atoms with Gasteiger partial charge >= 0.3 is 0 Å². The van der Waals surface area contributed by atoms with Crippen molar-refractivity contribution in [2.45, 2.75) is 26.7 Å². The number of Topliss-reactive ketones (excluding diaryl/α,β-unsaturated/α-hetero) is 1. The van der Waals surface area contributed by atoms with Crippen LogP contribution in [0.4, 0.5) is 0 Å². The first kappa shape index (κ1) is 15.0. The number of halogens is 1. The monoisotopic (exact) mass is 269 g/mol. The number of carbonyl (C=O) groups excluding carboxylic acids is 1. The van der Waals surface area contributed by atoms with Gasteiger partial charge in [-0.05, 0) is 31.0 Å². The van der Waals surface area contributed by atoms with Crippen molar-refractivity contribution in [2.24, 2.45) is 11.1 Å². The third-order valence-electron chi connectivity index (χ3n) is 3.64. The summed E-state index contributed by atoms with van der Waals surface area (Å²) in [6.07, 6.45) is 1.45. The summed E-state index contributed by atoms with van der Waals surface area (Å²) in [5.41, 5.74) is 5.90. The van der Waals surface area contributed by atoms with Crippen LogP contribution in [0.2, 0.25) is 5.02 Å². The highest BCUT2D eigenvalue weighted by atomic mass is 35.5. The molecule has 0 radical (unpaired) electrons. The highest BCUT2D eigenvalue weighted by molar-refractivity contribution is 6.32. The molecule has 0 bridgehead atoms. The molecule has 0 heterocycles. The number of methoxy groups -OCH3 is 1. The van der Waals surface area contributed by atoms with Crippen molar-refractivity contribution < 1.29 is 9.53 Å². The number of rotatable bonds is 6. The molecule has 0 amide bonds. The first-order valence-corrected chi connectivity index (χ1v) is 6.50. The van der Waals surface area contributed by atoms with Crippen molar-refractivity contribution in [1.29, 1.82) is 0 Å². The molecule has 0 saturated heterocycles. The number of hydrogen-bond donors (Lipinski definition) is 1. The second kappa shape index (κ2) is 6.21. The number of benzene rings is 1. The Kier molecular flexibility index (Phi) is 5.17. The molecule has 100 valence electrons. The Morgan fingerprint density at radius 3 is 2.44 bits per heavy atom. The molecule has 0 saturated carbocycles. The van der Waals surface area contributed by atoms with Crippen LogP contribution >= 0.6 is 11.6 Å². The maximum absolute atomic E-state index is 12.6. The molecule has 0 atom stereocenters. The summed E-state index contributed by atoms with van der Waals surface area (Å²) in [5.74, 6) is 0.575. The van der Waals surface area contributed by atoms with Crippen LogP contribution in [0.1, 0.15) is 37.0 Å². The Bertz CT molecular complexity index is 420. The van der Waals surface area contributed by atoms with Gasteiger partial charge in [-0.15, -0.1) is 0 Å². The van der Waals surface area contributed by atoms with Crippen molar-refractivity contribution in [3.05, 3.63) is 28.8 Å². The van der Waals surface area contributed by atoms with Crippen molar-refractivity contribution in [3.63, 3.8) is 0 Å². The van der Waals surface area contributed by atoms with Gasteiger partial charge in [0.25, 0.3) is 0 Å². The van der Waals surface area contributed by atoms with Crippen LogP contribution < -0.4 is 10.5 Å². The van der Waals surface area contributed by atoms with Crippen LogP contribution in [0.5, 0.6) is 5.75 Å². The van der Waals surface area contributed by atoms with Gasteiger partial charge < -0.3 is 10.5 Å². The van der Waals surface area contributed by atoms with E-state index in [0.29, 0.717) is 22.9 Å². The minimum Gasteiger partial charge on any atom is -0.495 e. The minimum atomic E-state index is -0.487. The van der Waals surface area contributed by atoms with E-state index in [2.05, 4.69) is 0 Å². The molecule has 1 rings (SSSR count). The van der Waals surface area contributed by atoms with E-state index in [4.69, 9.17) is 22.1 Å². The SMILES string of the molecule is CCC(CC)(CN)C(=O)c1ccc(Cl)c(OC)c1. The van der Waals surface area contributed by atoms with Crippen LogP contribution in [0.15, 0.2) is 18.2 Å². The number of ether oxygens (including phenoxy) is 1. The predicted molar refractivity (Wildman–Crippen MR) is 74.4 cm³/mol. The van der Waals surface area contributed by atoms with Crippen LogP contribution in [0.25, 0.3) is 0 Å². The fraction of sp³-hybridized carbons (Fsp3) is 0.500. The highest BCUT2D eigenvalue weighted by Crippen LogP contribution is 2.32. The van der Waals surface area contributed by atoms with Gasteiger partial charge in [0.15, 0.2) is 5.78 Å². The fourth-order valence-electron chi connectivity index (χ4n) is 2.06. The third-order valence-corrected chi connectivity index (χ3v) is 3.95. The normalized spacial score (nSPS) is 11.4. The molecule has 0 fully saturated rings. The van der Waals surface area contributed by atoms with E-state index in [1.165, 1.54) is 7.11 Å². The standard InChI is InChI=1S/C14H20ClNO2/c1-4-14(5-2,9-16)13(17)10-6-7-11(15)12(8-10)18-3/h6-8H,4-5,9,16H2,1-3H3. The van der Waals surface area contributed by atoms with Crippen LogP contribution in [0, 0.1) is 5.41 Å². The van der Waals surface area contributed by atoms with Crippen molar-refractivity contribution in [1.82, 2.24) is 0 Å². The molecule has 0 aliphatic rings. The van der Waals surface area contributed by atoms with Gasteiger partial charge in [0.2, 0.25) is 0 Å². The van der Waals surface area contributed by atoms with Gasteiger partial charge in [0.05, 0.1) is 12.1 Å². The number of carbonyl (C=O) groups is 1. The zero-order chi connectivity index (χ0) is 13.8. The quantitative estimate of drug-likeness (QED) is 0.806. The van der Waals surface area contributed by atoms with Gasteiger partial charge in [0.1, 0.15) is 5.75 Å². The summed E-state index contributed by atoms with van der Waals surface area (Å²) in [6, 6.07) is 5.09. The second-order valence-corrected chi connectivity index (χ2v) is 4.78. The van der Waals surface area contributed by atoms with Crippen molar-refractivity contribution in [3.8, 4) is 5.75 Å². The molecule has 4 heteroatoms. The predicted octanol–water partition coefficient (Wildman–Crippen LogP) is 3.30. The van der Waals surface area contributed by atoms with E-state index in [1.54, 1.807) is 18.2 Å². The molecule has 0 aliphatic heterocycles. The van der Waals surface area contributed by atoms with Crippen LogP contribution in [-0.4, -0.2) is 19.4 Å². The molecule has 0 spiro atoms. The Morgan fingerprint density at radius 2 is 2.00 bits per heavy atom. The highest BCUT2D eigenvalue weighted by Gasteiger charge is 2.34. The maximum atomic E-state index is 12.6. The molecule has 2 N–H and O–H groups in total. The Hall–Kier alpha value is -1.06. The van der Waals surface area contributed by atoms with Crippen molar-refractivity contribution >= 4 is 17.4 Å². The molecular formula is C14H20ClNO2. The molecule has 0 aromatic heterocycles. The molecule has 1 aromatic rings. The lowest BCUT2D eigenvalue weighted by molar-refractivity contribution is 0.0787. The van der Waals surface area contributed by atoms with Crippen molar-refractivity contribution in [2.75, 3.05) is 13.7 Å². The topological polar surface area (TPSA) is 52.3 Å². The van der Waals surface area contributed by atoms with Gasteiger partial charge in [-0.3, -0.25) is 4.79 Å². The molecule has 3 nitrogen and oxygen atoms in total. The zero-order valence-electron chi connectivity index (χ0n) is 11.1. The molecular weight excluding hydrogens is 250 g/mol. The summed E-state index contributed by atoms with van der Waals surface area (Å²) in [5, 5.41) is 0.500. The van der Waals surface area contributed by atoms with Crippen LogP contribution in [-0.2, 0) is 0 Å². The fourth-order valence-corrected chi connectivity index (χ4v) is 2.25.